The summed E-state index contributed by atoms with van der Waals surface area (Å²) in [4.78, 5) is 15.2. The highest BCUT2D eigenvalue weighted by Crippen LogP contribution is 2.54. The van der Waals surface area contributed by atoms with E-state index in [2.05, 4.69) is 43.5 Å². The van der Waals surface area contributed by atoms with Crippen LogP contribution in [-0.2, 0) is 0 Å². The molecule has 2 amide bonds. The molecule has 7 heteroatoms. The SMILES string of the molecule is C[C@H](NC(N)=O)c1noc([C@@H]2C[C@H]2c2ccc(Br)cc2)n1. The van der Waals surface area contributed by atoms with Gasteiger partial charge in [0.2, 0.25) is 5.89 Å². The fourth-order valence-electron chi connectivity index (χ4n) is 2.40. The molecule has 0 spiro atoms. The molecule has 3 rings (SSSR count). The first-order valence-electron chi connectivity index (χ1n) is 6.69. The van der Waals surface area contributed by atoms with Gasteiger partial charge in [-0.1, -0.05) is 33.2 Å². The third-order valence-corrected chi connectivity index (χ3v) is 4.14. The molecule has 21 heavy (non-hydrogen) atoms. The lowest BCUT2D eigenvalue weighted by Gasteiger charge is -2.05. The van der Waals surface area contributed by atoms with E-state index in [1.807, 2.05) is 12.1 Å². The summed E-state index contributed by atoms with van der Waals surface area (Å²) < 4.78 is 6.37. The zero-order valence-electron chi connectivity index (χ0n) is 11.4. The Kier molecular flexibility index (Phi) is 3.67. The number of urea groups is 1. The lowest BCUT2D eigenvalue weighted by Crippen LogP contribution is -2.32. The first-order chi connectivity index (χ1) is 10.0. The summed E-state index contributed by atoms with van der Waals surface area (Å²) in [5.41, 5.74) is 6.35. The predicted molar refractivity (Wildman–Crippen MR) is 79.7 cm³/mol. The highest BCUT2D eigenvalue weighted by molar-refractivity contribution is 9.10. The van der Waals surface area contributed by atoms with Crippen molar-refractivity contribution in [1.29, 1.82) is 0 Å². The maximum Gasteiger partial charge on any atom is 0.312 e. The molecule has 0 bridgehead atoms. The smallest absolute Gasteiger partial charge is 0.312 e. The molecule has 6 nitrogen and oxygen atoms in total. The van der Waals surface area contributed by atoms with Crippen molar-refractivity contribution in [2.75, 3.05) is 0 Å². The second-order valence-corrected chi connectivity index (χ2v) is 6.14. The lowest BCUT2D eigenvalue weighted by atomic mass is 10.1. The summed E-state index contributed by atoms with van der Waals surface area (Å²) in [6.45, 7) is 1.76. The van der Waals surface area contributed by atoms with Crippen molar-refractivity contribution >= 4 is 22.0 Å². The normalized spacial score (nSPS) is 21.8. The summed E-state index contributed by atoms with van der Waals surface area (Å²) in [5, 5.41) is 6.44. The van der Waals surface area contributed by atoms with Crippen LogP contribution in [0.3, 0.4) is 0 Å². The first kappa shape index (κ1) is 14.1. The molecule has 1 saturated carbocycles. The number of benzene rings is 1. The van der Waals surface area contributed by atoms with Crippen LogP contribution in [0, 0.1) is 0 Å². The molecular formula is C14H15BrN4O2. The Hall–Kier alpha value is -1.89. The van der Waals surface area contributed by atoms with Gasteiger partial charge < -0.3 is 15.6 Å². The number of nitrogens with one attached hydrogen (secondary N) is 1. The number of carbonyl (C=O) groups excluding carboxylic acids is 1. The number of aromatic nitrogens is 2. The van der Waals surface area contributed by atoms with E-state index < -0.39 is 6.03 Å². The van der Waals surface area contributed by atoms with Gasteiger partial charge in [-0.3, -0.25) is 0 Å². The van der Waals surface area contributed by atoms with E-state index in [-0.39, 0.29) is 12.0 Å². The van der Waals surface area contributed by atoms with Gasteiger partial charge in [0.15, 0.2) is 5.82 Å². The number of hydrogen-bond donors (Lipinski definition) is 2. The lowest BCUT2D eigenvalue weighted by molar-refractivity contribution is 0.245. The molecule has 2 aromatic rings. The highest BCUT2D eigenvalue weighted by Gasteiger charge is 2.43. The van der Waals surface area contributed by atoms with Crippen LogP contribution in [0.1, 0.15) is 48.5 Å². The third kappa shape index (κ3) is 3.07. The molecule has 1 aromatic heterocycles. The van der Waals surface area contributed by atoms with Crippen LogP contribution < -0.4 is 11.1 Å². The summed E-state index contributed by atoms with van der Waals surface area (Å²) in [7, 11) is 0. The Morgan fingerprint density at radius 1 is 1.43 bits per heavy atom. The molecule has 3 N–H and O–H groups in total. The Balaban J connectivity index is 1.68. The molecule has 1 aliphatic carbocycles. The van der Waals surface area contributed by atoms with Gasteiger partial charge in [0.25, 0.3) is 0 Å². The molecule has 1 aliphatic rings. The van der Waals surface area contributed by atoms with Gasteiger partial charge in [-0.25, -0.2) is 4.79 Å². The van der Waals surface area contributed by atoms with Gasteiger partial charge >= 0.3 is 6.03 Å². The Morgan fingerprint density at radius 3 is 2.81 bits per heavy atom. The summed E-state index contributed by atoms with van der Waals surface area (Å²) in [6.07, 6.45) is 1.00. The van der Waals surface area contributed by atoms with Gasteiger partial charge in [0, 0.05) is 10.4 Å². The number of hydrogen-bond acceptors (Lipinski definition) is 4. The molecule has 0 saturated heterocycles. The van der Waals surface area contributed by atoms with E-state index in [0.717, 1.165) is 10.9 Å². The third-order valence-electron chi connectivity index (χ3n) is 3.61. The van der Waals surface area contributed by atoms with Gasteiger partial charge in [-0.05, 0) is 37.0 Å². The monoisotopic (exact) mass is 350 g/mol. The molecule has 1 heterocycles. The van der Waals surface area contributed by atoms with Gasteiger partial charge in [-0.15, -0.1) is 0 Å². The van der Waals surface area contributed by atoms with E-state index in [9.17, 15) is 4.79 Å². The van der Waals surface area contributed by atoms with E-state index in [1.165, 1.54) is 5.56 Å². The van der Waals surface area contributed by atoms with Crippen LogP contribution in [0.5, 0.6) is 0 Å². The van der Waals surface area contributed by atoms with Crippen LogP contribution in [0.15, 0.2) is 33.3 Å². The largest absolute Gasteiger partial charge is 0.352 e. The summed E-state index contributed by atoms with van der Waals surface area (Å²) in [6, 6.07) is 7.30. The van der Waals surface area contributed by atoms with Crippen LogP contribution in [0.2, 0.25) is 0 Å². The van der Waals surface area contributed by atoms with Crippen LogP contribution in [0.4, 0.5) is 4.79 Å². The van der Waals surface area contributed by atoms with Crippen molar-refractivity contribution in [3.8, 4) is 0 Å². The molecular weight excluding hydrogens is 336 g/mol. The Morgan fingerprint density at radius 2 is 2.14 bits per heavy atom. The fourth-order valence-corrected chi connectivity index (χ4v) is 2.66. The number of primary amides is 1. The zero-order valence-corrected chi connectivity index (χ0v) is 13.0. The zero-order chi connectivity index (χ0) is 15.0. The fraction of sp³-hybridized carbons (Fsp3) is 0.357. The number of halogens is 1. The van der Waals surface area contributed by atoms with Gasteiger partial charge in [-0.2, -0.15) is 4.98 Å². The van der Waals surface area contributed by atoms with E-state index in [4.69, 9.17) is 10.3 Å². The molecule has 1 fully saturated rings. The van der Waals surface area contributed by atoms with Crippen LogP contribution in [0.25, 0.3) is 0 Å². The minimum atomic E-state index is -0.604. The van der Waals surface area contributed by atoms with E-state index >= 15 is 0 Å². The van der Waals surface area contributed by atoms with Crippen molar-refractivity contribution in [3.05, 3.63) is 46.0 Å². The van der Waals surface area contributed by atoms with Gasteiger partial charge in [0.05, 0.1) is 6.04 Å². The van der Waals surface area contributed by atoms with Crippen molar-refractivity contribution in [1.82, 2.24) is 15.5 Å². The topological polar surface area (TPSA) is 94.0 Å². The van der Waals surface area contributed by atoms with Crippen molar-refractivity contribution in [2.45, 2.75) is 31.2 Å². The maximum atomic E-state index is 10.8. The Labute approximate surface area is 130 Å². The molecule has 110 valence electrons. The van der Waals surface area contributed by atoms with Crippen molar-refractivity contribution in [2.24, 2.45) is 5.73 Å². The minimum absolute atomic E-state index is 0.258. The quantitative estimate of drug-likeness (QED) is 0.886. The van der Waals surface area contributed by atoms with Crippen molar-refractivity contribution < 1.29 is 9.32 Å². The average molecular weight is 351 g/mol. The average Bonchev–Trinajstić information content (AvgIpc) is 3.07. The van der Waals surface area contributed by atoms with E-state index in [0.29, 0.717) is 17.6 Å². The second-order valence-electron chi connectivity index (χ2n) is 5.22. The predicted octanol–water partition coefficient (Wildman–Crippen LogP) is 2.83. The Bertz CT molecular complexity index is 655. The molecule has 3 atom stereocenters. The van der Waals surface area contributed by atoms with E-state index in [1.54, 1.807) is 6.92 Å². The molecule has 0 aliphatic heterocycles. The standard InChI is InChI=1S/C14H15BrN4O2/c1-7(17-14(16)20)12-18-13(21-19-12)11-6-10(11)8-2-4-9(15)5-3-8/h2-5,7,10-11H,6H2,1H3,(H3,16,17,20)/t7-,10-,11+/m0/s1. The summed E-state index contributed by atoms with van der Waals surface area (Å²) in [5.74, 6) is 1.75. The number of nitrogens with two attached hydrogens (primary N) is 1. The maximum absolute atomic E-state index is 10.8. The number of nitrogens with zero attached hydrogens (tertiary/aromatic N) is 2. The second kappa shape index (κ2) is 5.48. The first-order valence-corrected chi connectivity index (χ1v) is 7.49. The van der Waals surface area contributed by atoms with Crippen LogP contribution in [-0.4, -0.2) is 16.2 Å². The number of carbonyl (C=O) groups is 1. The number of rotatable bonds is 4. The minimum Gasteiger partial charge on any atom is -0.352 e. The molecule has 0 radical (unpaired) electrons. The van der Waals surface area contributed by atoms with Crippen LogP contribution >= 0.6 is 15.9 Å². The van der Waals surface area contributed by atoms with Gasteiger partial charge in [0.1, 0.15) is 0 Å². The highest BCUT2D eigenvalue weighted by atomic mass is 79.9. The molecule has 1 aromatic carbocycles. The summed E-state index contributed by atoms with van der Waals surface area (Å²) >= 11 is 3.43. The van der Waals surface area contributed by atoms with Crippen molar-refractivity contribution in [3.63, 3.8) is 0 Å². The molecule has 0 unspecified atom stereocenters. The number of amides is 2.